The number of hydrogen-bond acceptors (Lipinski definition) is 3. The molecule has 2 aliphatic rings. The number of carbonyl (C=O) groups excluding carboxylic acids is 1. The van der Waals surface area contributed by atoms with Gasteiger partial charge in [0.2, 0.25) is 0 Å². The van der Waals surface area contributed by atoms with Crippen LogP contribution < -0.4 is 4.74 Å². The SMILES string of the molecule is CC[C@@]1(C)C[C@H](C(=O)Oc2ccccc2)[C@@H]2CCCC[C@H]2N1C. The predicted molar refractivity (Wildman–Crippen MR) is 92.4 cm³/mol. The molecule has 0 spiro atoms. The highest BCUT2D eigenvalue weighted by Gasteiger charge is 2.50. The zero-order valence-electron chi connectivity index (χ0n) is 14.6. The topological polar surface area (TPSA) is 29.5 Å². The summed E-state index contributed by atoms with van der Waals surface area (Å²) in [6.45, 7) is 4.54. The molecule has 0 N–H and O–H groups in total. The van der Waals surface area contributed by atoms with Crippen molar-refractivity contribution in [2.45, 2.75) is 64.0 Å². The van der Waals surface area contributed by atoms with E-state index in [0.717, 1.165) is 19.3 Å². The molecule has 3 rings (SSSR count). The molecule has 1 saturated carbocycles. The van der Waals surface area contributed by atoms with Crippen LogP contribution in [0.4, 0.5) is 0 Å². The molecule has 0 amide bonds. The van der Waals surface area contributed by atoms with Gasteiger partial charge in [-0.05, 0) is 57.7 Å². The monoisotopic (exact) mass is 315 g/mol. The summed E-state index contributed by atoms with van der Waals surface area (Å²) in [7, 11) is 2.26. The van der Waals surface area contributed by atoms with E-state index in [1.165, 1.54) is 19.3 Å². The molecule has 1 saturated heterocycles. The molecule has 0 aromatic heterocycles. The van der Waals surface area contributed by atoms with Crippen LogP contribution in [0.2, 0.25) is 0 Å². The molecular formula is C20H29NO2. The maximum absolute atomic E-state index is 12.9. The first-order valence-corrected chi connectivity index (χ1v) is 9.05. The average molecular weight is 315 g/mol. The lowest BCUT2D eigenvalue weighted by Gasteiger charge is -2.55. The van der Waals surface area contributed by atoms with Gasteiger partial charge in [0.15, 0.2) is 0 Å². The van der Waals surface area contributed by atoms with Gasteiger partial charge in [0.05, 0.1) is 5.92 Å². The van der Waals surface area contributed by atoms with Crippen molar-refractivity contribution in [3.8, 4) is 5.75 Å². The molecule has 0 unspecified atom stereocenters. The lowest BCUT2D eigenvalue weighted by molar-refractivity contribution is -0.151. The molecule has 3 heteroatoms. The Hall–Kier alpha value is -1.35. The molecule has 4 atom stereocenters. The van der Waals surface area contributed by atoms with Crippen LogP contribution in [-0.4, -0.2) is 29.5 Å². The van der Waals surface area contributed by atoms with Crippen LogP contribution in [-0.2, 0) is 4.79 Å². The second-order valence-corrected chi connectivity index (χ2v) is 7.52. The Morgan fingerprint density at radius 1 is 1.26 bits per heavy atom. The first kappa shape index (κ1) is 16.5. The second-order valence-electron chi connectivity index (χ2n) is 7.52. The lowest BCUT2D eigenvalue weighted by Crippen LogP contribution is -2.61. The first-order valence-electron chi connectivity index (χ1n) is 9.05. The number of ether oxygens (including phenoxy) is 1. The summed E-state index contributed by atoms with van der Waals surface area (Å²) < 4.78 is 5.72. The van der Waals surface area contributed by atoms with Gasteiger partial charge in [-0.15, -0.1) is 0 Å². The Bertz CT molecular complexity index is 544. The van der Waals surface area contributed by atoms with Crippen molar-refractivity contribution in [2.75, 3.05) is 7.05 Å². The molecule has 1 heterocycles. The average Bonchev–Trinajstić information content (AvgIpc) is 2.59. The number of hydrogen-bond donors (Lipinski definition) is 0. The van der Waals surface area contributed by atoms with Crippen molar-refractivity contribution < 1.29 is 9.53 Å². The summed E-state index contributed by atoms with van der Waals surface area (Å²) in [4.78, 5) is 15.5. The fourth-order valence-electron chi connectivity index (χ4n) is 4.59. The van der Waals surface area contributed by atoms with E-state index >= 15 is 0 Å². The van der Waals surface area contributed by atoms with Gasteiger partial charge < -0.3 is 4.74 Å². The van der Waals surface area contributed by atoms with Crippen LogP contribution in [0.15, 0.2) is 30.3 Å². The number of benzene rings is 1. The van der Waals surface area contributed by atoms with Crippen molar-refractivity contribution in [3.63, 3.8) is 0 Å². The third-order valence-corrected chi connectivity index (χ3v) is 6.33. The Kier molecular flexibility index (Phi) is 4.77. The number of piperidine rings is 1. The van der Waals surface area contributed by atoms with Gasteiger partial charge in [0, 0.05) is 11.6 Å². The molecule has 2 fully saturated rings. The molecule has 1 aromatic rings. The van der Waals surface area contributed by atoms with E-state index in [0.29, 0.717) is 17.7 Å². The van der Waals surface area contributed by atoms with Crippen molar-refractivity contribution in [2.24, 2.45) is 11.8 Å². The molecule has 23 heavy (non-hydrogen) atoms. The van der Waals surface area contributed by atoms with Gasteiger partial charge in [-0.2, -0.15) is 0 Å². The van der Waals surface area contributed by atoms with Gasteiger partial charge in [0.1, 0.15) is 5.75 Å². The number of para-hydroxylation sites is 1. The fourth-order valence-corrected chi connectivity index (χ4v) is 4.59. The van der Waals surface area contributed by atoms with Crippen LogP contribution in [0, 0.1) is 11.8 Å². The minimum atomic E-state index is -0.0270. The number of rotatable bonds is 3. The van der Waals surface area contributed by atoms with E-state index in [1.807, 2.05) is 30.3 Å². The summed E-state index contributed by atoms with van der Waals surface area (Å²) in [6.07, 6.45) is 6.88. The molecule has 1 aliphatic carbocycles. The highest BCUT2D eigenvalue weighted by atomic mass is 16.5. The Labute approximate surface area is 140 Å². The largest absolute Gasteiger partial charge is 0.426 e. The molecule has 1 aromatic carbocycles. The normalized spacial score (nSPS) is 34.7. The van der Waals surface area contributed by atoms with E-state index < -0.39 is 0 Å². The molecule has 0 radical (unpaired) electrons. The highest BCUT2D eigenvalue weighted by Crippen LogP contribution is 2.46. The van der Waals surface area contributed by atoms with E-state index in [4.69, 9.17) is 4.74 Å². The zero-order chi connectivity index (χ0) is 16.4. The van der Waals surface area contributed by atoms with E-state index in [1.54, 1.807) is 0 Å². The van der Waals surface area contributed by atoms with E-state index in [2.05, 4.69) is 25.8 Å². The summed E-state index contributed by atoms with van der Waals surface area (Å²) in [5.74, 6) is 1.12. The van der Waals surface area contributed by atoms with Crippen molar-refractivity contribution >= 4 is 5.97 Å². The highest BCUT2D eigenvalue weighted by molar-refractivity contribution is 5.76. The van der Waals surface area contributed by atoms with Gasteiger partial charge in [-0.3, -0.25) is 9.69 Å². The fraction of sp³-hybridized carbons (Fsp3) is 0.650. The minimum absolute atomic E-state index is 0.0270. The van der Waals surface area contributed by atoms with Crippen molar-refractivity contribution in [3.05, 3.63) is 30.3 Å². The molecule has 3 nitrogen and oxygen atoms in total. The standard InChI is InChI=1S/C20H29NO2/c1-4-20(2)14-17(16-12-8-9-13-18(16)21(20)3)19(22)23-15-10-6-5-7-11-15/h5-7,10-11,16-18H,4,8-9,12-14H2,1-3H3/t16-,17-,18+,20-/m0/s1. The second kappa shape index (κ2) is 6.64. The van der Waals surface area contributed by atoms with Crippen molar-refractivity contribution in [1.82, 2.24) is 4.90 Å². The summed E-state index contributed by atoms with van der Waals surface area (Å²) >= 11 is 0. The summed E-state index contributed by atoms with van der Waals surface area (Å²) in [6, 6.07) is 10.0. The number of nitrogens with zero attached hydrogens (tertiary/aromatic N) is 1. The van der Waals surface area contributed by atoms with E-state index in [9.17, 15) is 4.79 Å². The van der Waals surface area contributed by atoms with Crippen LogP contribution in [0.1, 0.15) is 52.4 Å². The smallest absolute Gasteiger partial charge is 0.314 e. The zero-order valence-corrected chi connectivity index (χ0v) is 14.6. The number of fused-ring (bicyclic) bond motifs is 1. The van der Waals surface area contributed by atoms with Crippen LogP contribution in [0.3, 0.4) is 0 Å². The Balaban J connectivity index is 1.82. The first-order chi connectivity index (χ1) is 11.0. The van der Waals surface area contributed by atoms with Gasteiger partial charge >= 0.3 is 5.97 Å². The molecular weight excluding hydrogens is 286 g/mol. The maximum Gasteiger partial charge on any atom is 0.314 e. The third kappa shape index (κ3) is 3.16. The van der Waals surface area contributed by atoms with Crippen LogP contribution in [0.25, 0.3) is 0 Å². The van der Waals surface area contributed by atoms with E-state index in [-0.39, 0.29) is 17.4 Å². The molecule has 126 valence electrons. The molecule has 1 aliphatic heterocycles. The third-order valence-electron chi connectivity index (χ3n) is 6.33. The lowest BCUT2D eigenvalue weighted by atomic mass is 9.66. The quantitative estimate of drug-likeness (QED) is 0.616. The summed E-state index contributed by atoms with van der Waals surface area (Å²) in [5.41, 5.74) is 0.0961. The Morgan fingerprint density at radius 3 is 2.65 bits per heavy atom. The van der Waals surface area contributed by atoms with Gasteiger partial charge in [-0.1, -0.05) is 38.0 Å². The van der Waals surface area contributed by atoms with Crippen LogP contribution in [0.5, 0.6) is 5.75 Å². The molecule has 0 bridgehead atoms. The van der Waals surface area contributed by atoms with Gasteiger partial charge in [0.25, 0.3) is 0 Å². The maximum atomic E-state index is 12.9. The summed E-state index contributed by atoms with van der Waals surface area (Å²) in [5, 5.41) is 0. The van der Waals surface area contributed by atoms with Gasteiger partial charge in [-0.25, -0.2) is 0 Å². The predicted octanol–water partition coefficient (Wildman–Crippen LogP) is 4.27. The van der Waals surface area contributed by atoms with Crippen molar-refractivity contribution in [1.29, 1.82) is 0 Å². The number of likely N-dealkylation sites (tertiary alicyclic amines) is 1. The van der Waals surface area contributed by atoms with Crippen LogP contribution >= 0.6 is 0 Å². The minimum Gasteiger partial charge on any atom is -0.426 e. The Morgan fingerprint density at radius 2 is 1.96 bits per heavy atom. The number of carbonyl (C=O) groups is 1. The number of esters is 1.